The SMILES string of the molecule is Cc1ccc2nc(-c3ccccc3)cc(-c3cccs3)c2c1. The number of fused-ring (bicyclic) bond motifs is 1. The highest BCUT2D eigenvalue weighted by atomic mass is 32.1. The summed E-state index contributed by atoms with van der Waals surface area (Å²) in [6.45, 7) is 2.13. The largest absolute Gasteiger partial charge is 0.248 e. The summed E-state index contributed by atoms with van der Waals surface area (Å²) in [6.07, 6.45) is 0. The quantitative estimate of drug-likeness (QED) is 0.446. The molecule has 0 spiro atoms. The fourth-order valence-electron chi connectivity index (χ4n) is 2.73. The van der Waals surface area contributed by atoms with E-state index in [1.807, 2.05) is 6.07 Å². The van der Waals surface area contributed by atoms with Crippen LogP contribution in [0.1, 0.15) is 5.56 Å². The number of hydrogen-bond donors (Lipinski definition) is 0. The molecule has 0 bridgehead atoms. The van der Waals surface area contributed by atoms with E-state index in [9.17, 15) is 0 Å². The molecule has 2 aromatic carbocycles. The number of nitrogens with zero attached hydrogens (tertiary/aromatic N) is 1. The van der Waals surface area contributed by atoms with Crippen LogP contribution in [0.15, 0.2) is 72.1 Å². The lowest BCUT2D eigenvalue weighted by Gasteiger charge is -2.09. The molecule has 0 radical (unpaired) electrons. The van der Waals surface area contributed by atoms with Gasteiger partial charge < -0.3 is 0 Å². The van der Waals surface area contributed by atoms with Crippen LogP contribution in [0.4, 0.5) is 0 Å². The molecule has 106 valence electrons. The van der Waals surface area contributed by atoms with Gasteiger partial charge in [-0.1, -0.05) is 48.0 Å². The Labute approximate surface area is 133 Å². The third kappa shape index (κ3) is 2.32. The van der Waals surface area contributed by atoms with E-state index in [1.165, 1.54) is 21.4 Å². The second kappa shape index (κ2) is 5.39. The molecule has 1 nitrogen and oxygen atoms in total. The van der Waals surface area contributed by atoms with Gasteiger partial charge in [-0.2, -0.15) is 0 Å². The summed E-state index contributed by atoms with van der Waals surface area (Å²) in [5.41, 5.74) is 5.76. The molecule has 0 amide bonds. The van der Waals surface area contributed by atoms with E-state index in [2.05, 4.69) is 73.0 Å². The van der Waals surface area contributed by atoms with Gasteiger partial charge in [0.1, 0.15) is 0 Å². The Morgan fingerprint density at radius 1 is 0.864 bits per heavy atom. The third-order valence-corrected chi connectivity index (χ3v) is 4.72. The van der Waals surface area contributed by atoms with Crippen LogP contribution in [0.3, 0.4) is 0 Å². The number of thiophene rings is 1. The first-order chi connectivity index (χ1) is 10.8. The molecule has 0 unspecified atom stereocenters. The number of benzene rings is 2. The van der Waals surface area contributed by atoms with Crippen molar-refractivity contribution in [2.24, 2.45) is 0 Å². The number of rotatable bonds is 2. The number of aromatic nitrogens is 1. The maximum atomic E-state index is 4.86. The Kier molecular flexibility index (Phi) is 3.24. The Hall–Kier alpha value is -2.45. The van der Waals surface area contributed by atoms with Gasteiger partial charge in [0.05, 0.1) is 11.2 Å². The van der Waals surface area contributed by atoms with Crippen molar-refractivity contribution >= 4 is 22.2 Å². The van der Waals surface area contributed by atoms with Gasteiger partial charge >= 0.3 is 0 Å². The fraction of sp³-hybridized carbons (Fsp3) is 0.0500. The molecule has 0 aliphatic heterocycles. The van der Waals surface area contributed by atoms with Crippen molar-refractivity contribution in [3.63, 3.8) is 0 Å². The lowest BCUT2D eigenvalue weighted by Crippen LogP contribution is -1.89. The maximum absolute atomic E-state index is 4.86. The second-order valence-electron chi connectivity index (χ2n) is 5.42. The summed E-state index contributed by atoms with van der Waals surface area (Å²) in [7, 11) is 0. The van der Waals surface area contributed by atoms with Crippen molar-refractivity contribution in [2.45, 2.75) is 6.92 Å². The Bertz CT molecular complexity index is 925. The highest BCUT2D eigenvalue weighted by Crippen LogP contribution is 2.34. The Morgan fingerprint density at radius 2 is 1.73 bits per heavy atom. The van der Waals surface area contributed by atoms with Gasteiger partial charge in [0.25, 0.3) is 0 Å². The van der Waals surface area contributed by atoms with Crippen LogP contribution in [0.2, 0.25) is 0 Å². The summed E-state index contributed by atoms with van der Waals surface area (Å²) in [4.78, 5) is 6.15. The average Bonchev–Trinajstić information content (AvgIpc) is 3.09. The van der Waals surface area contributed by atoms with Gasteiger partial charge in [0.2, 0.25) is 0 Å². The molecule has 0 N–H and O–H groups in total. The van der Waals surface area contributed by atoms with Gasteiger partial charge in [-0.3, -0.25) is 0 Å². The van der Waals surface area contributed by atoms with Crippen molar-refractivity contribution in [1.29, 1.82) is 0 Å². The number of hydrogen-bond acceptors (Lipinski definition) is 2. The summed E-state index contributed by atoms with van der Waals surface area (Å²) in [6, 6.07) is 23.3. The van der Waals surface area contributed by atoms with Crippen LogP contribution < -0.4 is 0 Å². The van der Waals surface area contributed by atoms with E-state index in [0.717, 1.165) is 16.8 Å². The minimum absolute atomic E-state index is 1.03. The Morgan fingerprint density at radius 3 is 2.50 bits per heavy atom. The zero-order valence-electron chi connectivity index (χ0n) is 12.3. The fourth-order valence-corrected chi connectivity index (χ4v) is 3.49. The molecule has 0 saturated carbocycles. The van der Waals surface area contributed by atoms with Crippen LogP contribution in [-0.4, -0.2) is 4.98 Å². The standard InChI is InChI=1S/C20H15NS/c1-14-9-10-18-16(12-14)17(20-8-5-11-22-20)13-19(21-18)15-6-3-2-4-7-15/h2-13H,1H3. The molecule has 0 fully saturated rings. The minimum Gasteiger partial charge on any atom is -0.248 e. The minimum atomic E-state index is 1.03. The third-order valence-electron chi connectivity index (χ3n) is 3.82. The van der Waals surface area contributed by atoms with E-state index in [-0.39, 0.29) is 0 Å². The smallest absolute Gasteiger partial charge is 0.0716 e. The molecule has 22 heavy (non-hydrogen) atoms. The maximum Gasteiger partial charge on any atom is 0.0716 e. The summed E-state index contributed by atoms with van der Waals surface area (Å²) in [5.74, 6) is 0. The number of aryl methyl sites for hydroxylation is 1. The van der Waals surface area contributed by atoms with Crippen molar-refractivity contribution in [2.75, 3.05) is 0 Å². The van der Waals surface area contributed by atoms with Crippen molar-refractivity contribution in [1.82, 2.24) is 4.98 Å². The van der Waals surface area contributed by atoms with E-state index in [1.54, 1.807) is 11.3 Å². The van der Waals surface area contributed by atoms with Crippen molar-refractivity contribution in [3.8, 4) is 21.7 Å². The highest BCUT2D eigenvalue weighted by molar-refractivity contribution is 7.13. The molecule has 0 aliphatic carbocycles. The van der Waals surface area contributed by atoms with Gasteiger partial charge in [0, 0.05) is 21.4 Å². The van der Waals surface area contributed by atoms with Gasteiger partial charge in [-0.05, 0) is 36.6 Å². The molecule has 0 saturated heterocycles. The summed E-state index contributed by atoms with van der Waals surface area (Å²) >= 11 is 1.77. The normalized spacial score (nSPS) is 11.0. The molecule has 4 rings (SSSR count). The van der Waals surface area contributed by atoms with Crippen LogP contribution >= 0.6 is 11.3 Å². The first kappa shape index (κ1) is 13.2. The molecule has 2 aromatic heterocycles. The van der Waals surface area contributed by atoms with Crippen LogP contribution in [0.25, 0.3) is 32.6 Å². The van der Waals surface area contributed by atoms with Crippen LogP contribution in [-0.2, 0) is 0 Å². The lowest BCUT2D eigenvalue weighted by molar-refractivity contribution is 1.39. The molecule has 4 aromatic rings. The van der Waals surface area contributed by atoms with E-state index in [4.69, 9.17) is 4.98 Å². The predicted molar refractivity (Wildman–Crippen MR) is 95.2 cm³/mol. The molecule has 2 heterocycles. The summed E-state index contributed by atoms with van der Waals surface area (Å²) in [5, 5.41) is 3.35. The molecule has 0 aliphatic rings. The van der Waals surface area contributed by atoms with Crippen molar-refractivity contribution in [3.05, 3.63) is 77.7 Å². The zero-order chi connectivity index (χ0) is 14.9. The Balaban J connectivity index is 2.04. The topological polar surface area (TPSA) is 12.9 Å². The predicted octanol–water partition coefficient (Wildman–Crippen LogP) is 5.94. The summed E-state index contributed by atoms with van der Waals surface area (Å²) < 4.78 is 0. The average molecular weight is 301 g/mol. The molecule has 2 heteroatoms. The van der Waals surface area contributed by atoms with Crippen LogP contribution in [0, 0.1) is 6.92 Å². The molecular weight excluding hydrogens is 286 g/mol. The van der Waals surface area contributed by atoms with E-state index < -0.39 is 0 Å². The lowest BCUT2D eigenvalue weighted by atomic mass is 10.0. The molecule has 0 atom stereocenters. The zero-order valence-corrected chi connectivity index (χ0v) is 13.1. The molecular formula is C20H15NS. The number of pyridine rings is 1. The van der Waals surface area contributed by atoms with Crippen molar-refractivity contribution < 1.29 is 0 Å². The van der Waals surface area contributed by atoms with Crippen LogP contribution in [0.5, 0.6) is 0 Å². The first-order valence-electron chi connectivity index (χ1n) is 7.32. The highest BCUT2D eigenvalue weighted by Gasteiger charge is 2.10. The first-order valence-corrected chi connectivity index (χ1v) is 8.20. The van der Waals surface area contributed by atoms with E-state index >= 15 is 0 Å². The van der Waals surface area contributed by atoms with Gasteiger partial charge in [-0.15, -0.1) is 11.3 Å². The van der Waals surface area contributed by atoms with Gasteiger partial charge in [0.15, 0.2) is 0 Å². The second-order valence-corrected chi connectivity index (χ2v) is 6.37. The van der Waals surface area contributed by atoms with Gasteiger partial charge in [-0.25, -0.2) is 4.98 Å². The van der Waals surface area contributed by atoms with E-state index in [0.29, 0.717) is 0 Å². The monoisotopic (exact) mass is 301 g/mol.